The normalized spacial score (nSPS) is 10.5. The lowest BCUT2D eigenvalue weighted by atomic mass is 10.3. The van der Waals surface area contributed by atoms with Gasteiger partial charge in [0.15, 0.2) is 10.9 Å². The van der Waals surface area contributed by atoms with Gasteiger partial charge in [-0.3, -0.25) is 0 Å². The van der Waals surface area contributed by atoms with Gasteiger partial charge in [-0.25, -0.2) is 4.68 Å². The summed E-state index contributed by atoms with van der Waals surface area (Å²) in [6, 6.07) is 9.46. The Labute approximate surface area is 105 Å². The predicted octanol–water partition coefficient (Wildman–Crippen LogP) is 2.98. The molecule has 0 fully saturated rings. The highest BCUT2D eigenvalue weighted by molar-refractivity contribution is 6.31. The third-order valence-electron chi connectivity index (χ3n) is 2.22. The van der Waals surface area contributed by atoms with E-state index in [9.17, 15) is 0 Å². The summed E-state index contributed by atoms with van der Waals surface area (Å²) in [4.78, 5) is 0. The van der Waals surface area contributed by atoms with Crippen molar-refractivity contribution in [1.82, 2.24) is 9.78 Å². The topological polar surface area (TPSA) is 36.3 Å². The lowest BCUT2D eigenvalue weighted by Gasteiger charge is -2.04. The zero-order valence-corrected chi connectivity index (χ0v) is 10.2. The monoisotopic (exact) mass is 252 g/mol. The molecule has 0 saturated heterocycles. The third kappa shape index (κ3) is 2.99. The molecule has 0 bridgehead atoms. The van der Waals surface area contributed by atoms with Crippen LogP contribution in [0.3, 0.4) is 0 Å². The van der Waals surface area contributed by atoms with Crippen molar-refractivity contribution in [2.24, 2.45) is 0 Å². The number of methoxy groups -OCH3 is 1. The molecule has 0 N–H and O–H groups in total. The van der Waals surface area contributed by atoms with E-state index < -0.39 is 0 Å². The lowest BCUT2D eigenvalue weighted by molar-refractivity contribution is 0.183. The molecule has 0 unspecified atom stereocenters. The molecule has 0 saturated carbocycles. The standard InChI is InChI=1S/C12H13ClN2O2/c1-16-8-7-15-12(13)11(9-14-15)17-10-5-3-2-4-6-10/h2-6,9H,7-8H2,1H3. The third-order valence-corrected chi connectivity index (χ3v) is 2.60. The fourth-order valence-corrected chi connectivity index (χ4v) is 1.59. The van der Waals surface area contributed by atoms with Gasteiger partial charge in [0, 0.05) is 7.11 Å². The van der Waals surface area contributed by atoms with Crippen LogP contribution in [0.15, 0.2) is 36.5 Å². The highest BCUT2D eigenvalue weighted by atomic mass is 35.5. The molecule has 1 aromatic carbocycles. The largest absolute Gasteiger partial charge is 0.452 e. The first kappa shape index (κ1) is 12.0. The summed E-state index contributed by atoms with van der Waals surface area (Å²) in [6.07, 6.45) is 1.60. The molecule has 1 heterocycles. The molecule has 1 aromatic heterocycles. The highest BCUT2D eigenvalue weighted by Crippen LogP contribution is 2.28. The Bertz CT molecular complexity index is 471. The second-order valence-electron chi connectivity index (χ2n) is 3.43. The zero-order valence-electron chi connectivity index (χ0n) is 9.47. The lowest BCUT2D eigenvalue weighted by Crippen LogP contribution is -2.05. The van der Waals surface area contributed by atoms with E-state index in [2.05, 4.69) is 5.10 Å². The summed E-state index contributed by atoms with van der Waals surface area (Å²) in [6.45, 7) is 1.17. The minimum Gasteiger partial charge on any atom is -0.452 e. The Kier molecular flexibility index (Phi) is 4.01. The number of aromatic nitrogens is 2. The van der Waals surface area contributed by atoms with Crippen LogP contribution in [0, 0.1) is 0 Å². The molecule has 2 aromatic rings. The number of hydrogen-bond acceptors (Lipinski definition) is 3. The van der Waals surface area contributed by atoms with Gasteiger partial charge in [-0.1, -0.05) is 29.8 Å². The van der Waals surface area contributed by atoms with Gasteiger partial charge in [0.25, 0.3) is 0 Å². The number of rotatable bonds is 5. The first-order valence-corrected chi connectivity index (χ1v) is 5.62. The maximum atomic E-state index is 6.13. The molecule has 0 aliphatic carbocycles. The molecule has 0 spiro atoms. The molecule has 17 heavy (non-hydrogen) atoms. The van der Waals surface area contributed by atoms with E-state index in [1.165, 1.54) is 0 Å². The van der Waals surface area contributed by atoms with E-state index >= 15 is 0 Å². The molecule has 4 nitrogen and oxygen atoms in total. The number of benzene rings is 1. The SMILES string of the molecule is COCCn1ncc(Oc2ccccc2)c1Cl. The van der Waals surface area contributed by atoms with Crippen LogP contribution >= 0.6 is 11.6 Å². The maximum Gasteiger partial charge on any atom is 0.184 e. The first-order valence-electron chi connectivity index (χ1n) is 5.24. The van der Waals surface area contributed by atoms with Crippen LogP contribution in [0.1, 0.15) is 0 Å². The van der Waals surface area contributed by atoms with Crippen molar-refractivity contribution in [2.45, 2.75) is 6.54 Å². The van der Waals surface area contributed by atoms with Crippen molar-refractivity contribution in [3.8, 4) is 11.5 Å². The van der Waals surface area contributed by atoms with Gasteiger partial charge in [-0.05, 0) is 12.1 Å². The molecule has 0 aliphatic rings. The molecular weight excluding hydrogens is 240 g/mol. The van der Waals surface area contributed by atoms with Crippen molar-refractivity contribution in [2.75, 3.05) is 13.7 Å². The predicted molar refractivity (Wildman–Crippen MR) is 65.6 cm³/mol. The van der Waals surface area contributed by atoms with Crippen LogP contribution in [0.2, 0.25) is 5.15 Å². The summed E-state index contributed by atoms with van der Waals surface area (Å²) in [5.41, 5.74) is 0. The molecule has 0 amide bonds. The van der Waals surface area contributed by atoms with Gasteiger partial charge in [0.2, 0.25) is 0 Å². The summed E-state index contributed by atoms with van der Waals surface area (Å²) < 4.78 is 12.2. The fourth-order valence-electron chi connectivity index (χ4n) is 1.37. The molecule has 0 atom stereocenters. The van der Waals surface area contributed by atoms with E-state index in [-0.39, 0.29) is 0 Å². The Morgan fingerprint density at radius 3 is 2.76 bits per heavy atom. The molecule has 0 aliphatic heterocycles. The summed E-state index contributed by atoms with van der Waals surface area (Å²) >= 11 is 6.13. The van der Waals surface area contributed by atoms with E-state index in [1.54, 1.807) is 18.0 Å². The van der Waals surface area contributed by atoms with E-state index in [0.29, 0.717) is 24.1 Å². The van der Waals surface area contributed by atoms with Crippen molar-refractivity contribution >= 4 is 11.6 Å². The molecule has 2 rings (SSSR count). The number of hydrogen-bond donors (Lipinski definition) is 0. The van der Waals surface area contributed by atoms with Gasteiger partial charge in [0.05, 0.1) is 19.3 Å². The average molecular weight is 253 g/mol. The summed E-state index contributed by atoms with van der Waals surface area (Å²) in [5.74, 6) is 1.29. The zero-order chi connectivity index (χ0) is 12.1. The second kappa shape index (κ2) is 5.70. The minimum absolute atomic E-state index is 0.478. The Balaban J connectivity index is 2.09. The second-order valence-corrected chi connectivity index (χ2v) is 3.79. The summed E-state index contributed by atoms with van der Waals surface area (Å²) in [5, 5.41) is 4.61. The smallest absolute Gasteiger partial charge is 0.184 e. The molecule has 5 heteroatoms. The van der Waals surface area contributed by atoms with Gasteiger partial charge < -0.3 is 9.47 Å². The molecular formula is C12H13ClN2O2. The number of para-hydroxylation sites is 1. The van der Waals surface area contributed by atoms with Crippen molar-refractivity contribution in [3.63, 3.8) is 0 Å². The highest BCUT2D eigenvalue weighted by Gasteiger charge is 2.10. The Morgan fingerprint density at radius 2 is 2.06 bits per heavy atom. The number of halogens is 1. The summed E-state index contributed by atoms with van der Waals surface area (Å²) in [7, 11) is 1.64. The first-order chi connectivity index (χ1) is 8.31. The maximum absolute atomic E-state index is 6.13. The van der Waals surface area contributed by atoms with E-state index in [0.717, 1.165) is 5.75 Å². The van der Waals surface area contributed by atoms with Gasteiger partial charge in [-0.15, -0.1) is 0 Å². The molecule has 90 valence electrons. The van der Waals surface area contributed by atoms with E-state index in [4.69, 9.17) is 21.1 Å². The number of ether oxygens (including phenoxy) is 2. The number of nitrogens with zero attached hydrogens (tertiary/aromatic N) is 2. The Hall–Kier alpha value is -1.52. The quantitative estimate of drug-likeness (QED) is 0.821. The van der Waals surface area contributed by atoms with Gasteiger partial charge in [-0.2, -0.15) is 5.10 Å². The van der Waals surface area contributed by atoms with Gasteiger partial charge >= 0.3 is 0 Å². The van der Waals surface area contributed by atoms with Crippen LogP contribution in [0.25, 0.3) is 0 Å². The average Bonchev–Trinajstić information content (AvgIpc) is 2.70. The van der Waals surface area contributed by atoms with Crippen molar-refractivity contribution < 1.29 is 9.47 Å². The van der Waals surface area contributed by atoms with Gasteiger partial charge in [0.1, 0.15) is 5.75 Å². The van der Waals surface area contributed by atoms with Crippen molar-refractivity contribution in [3.05, 3.63) is 41.7 Å². The van der Waals surface area contributed by atoms with Crippen molar-refractivity contribution in [1.29, 1.82) is 0 Å². The van der Waals surface area contributed by atoms with Crippen LogP contribution in [-0.2, 0) is 11.3 Å². The van der Waals surface area contributed by atoms with Crippen LogP contribution in [0.5, 0.6) is 11.5 Å². The molecule has 0 radical (unpaired) electrons. The van der Waals surface area contributed by atoms with Crippen LogP contribution in [0.4, 0.5) is 0 Å². The van der Waals surface area contributed by atoms with Crippen LogP contribution in [-0.4, -0.2) is 23.5 Å². The van der Waals surface area contributed by atoms with Crippen LogP contribution < -0.4 is 4.74 Å². The van der Waals surface area contributed by atoms with E-state index in [1.807, 2.05) is 30.3 Å². The Morgan fingerprint density at radius 1 is 1.29 bits per heavy atom. The fraction of sp³-hybridized carbons (Fsp3) is 0.250. The minimum atomic E-state index is 0.478.